The van der Waals surface area contributed by atoms with Crippen molar-refractivity contribution in [3.63, 3.8) is 0 Å². The zero-order valence-electron chi connectivity index (χ0n) is 17.3. The molecule has 0 spiro atoms. The molecule has 0 aliphatic carbocycles. The quantitative estimate of drug-likeness (QED) is 0.720. The summed E-state index contributed by atoms with van der Waals surface area (Å²) in [6.45, 7) is 3.05. The SMILES string of the molecule is COc1ccc(CN(CCC(=O)N2CCCc3ccccc32)C(C)=O)cc1OC. The van der Waals surface area contributed by atoms with E-state index in [0.29, 0.717) is 31.0 Å². The number of fused-ring (bicyclic) bond motifs is 1. The summed E-state index contributed by atoms with van der Waals surface area (Å²) < 4.78 is 10.6. The van der Waals surface area contributed by atoms with Gasteiger partial charge < -0.3 is 19.3 Å². The average molecular weight is 396 g/mol. The fourth-order valence-corrected chi connectivity index (χ4v) is 3.71. The molecule has 2 amide bonds. The van der Waals surface area contributed by atoms with E-state index in [4.69, 9.17) is 9.47 Å². The summed E-state index contributed by atoms with van der Waals surface area (Å²) >= 11 is 0. The van der Waals surface area contributed by atoms with Crippen molar-refractivity contribution in [3.05, 3.63) is 53.6 Å². The van der Waals surface area contributed by atoms with Crippen molar-refractivity contribution in [1.29, 1.82) is 0 Å². The number of hydrogen-bond donors (Lipinski definition) is 0. The van der Waals surface area contributed by atoms with Gasteiger partial charge in [0.2, 0.25) is 11.8 Å². The van der Waals surface area contributed by atoms with Gasteiger partial charge in [-0.15, -0.1) is 0 Å². The van der Waals surface area contributed by atoms with Crippen molar-refractivity contribution >= 4 is 17.5 Å². The predicted molar refractivity (Wildman–Crippen MR) is 112 cm³/mol. The van der Waals surface area contributed by atoms with Crippen LogP contribution in [0.3, 0.4) is 0 Å². The van der Waals surface area contributed by atoms with E-state index < -0.39 is 0 Å². The highest BCUT2D eigenvalue weighted by molar-refractivity contribution is 5.94. The predicted octanol–water partition coefficient (Wildman–Crippen LogP) is 3.42. The van der Waals surface area contributed by atoms with Crippen molar-refractivity contribution in [1.82, 2.24) is 4.90 Å². The van der Waals surface area contributed by atoms with Crippen LogP contribution in [-0.2, 0) is 22.6 Å². The van der Waals surface area contributed by atoms with Gasteiger partial charge in [-0.05, 0) is 42.2 Å². The lowest BCUT2D eigenvalue weighted by molar-refractivity contribution is -0.130. The molecule has 0 saturated heterocycles. The van der Waals surface area contributed by atoms with Gasteiger partial charge in [-0.25, -0.2) is 0 Å². The first-order valence-electron chi connectivity index (χ1n) is 9.88. The number of ether oxygens (including phenoxy) is 2. The number of aryl methyl sites for hydroxylation is 1. The lowest BCUT2D eigenvalue weighted by Gasteiger charge is -2.30. The number of para-hydroxylation sites is 1. The number of anilines is 1. The summed E-state index contributed by atoms with van der Waals surface area (Å²) in [6, 6.07) is 13.6. The van der Waals surface area contributed by atoms with Crippen LogP contribution in [0.15, 0.2) is 42.5 Å². The van der Waals surface area contributed by atoms with Crippen LogP contribution in [0.5, 0.6) is 11.5 Å². The van der Waals surface area contributed by atoms with Crippen LogP contribution >= 0.6 is 0 Å². The normalized spacial score (nSPS) is 12.9. The van der Waals surface area contributed by atoms with Gasteiger partial charge in [0.1, 0.15) is 0 Å². The third kappa shape index (κ3) is 4.88. The van der Waals surface area contributed by atoms with Crippen LogP contribution in [0.4, 0.5) is 5.69 Å². The van der Waals surface area contributed by atoms with Crippen LogP contribution in [0.1, 0.15) is 30.9 Å². The standard InChI is InChI=1S/C23H28N2O4/c1-17(26)24(16-18-10-11-21(28-2)22(15-18)29-3)14-12-23(27)25-13-6-8-19-7-4-5-9-20(19)25/h4-5,7,9-11,15H,6,8,12-14,16H2,1-3H3. The molecule has 0 radical (unpaired) electrons. The zero-order chi connectivity index (χ0) is 20.8. The Labute approximate surface area is 172 Å². The van der Waals surface area contributed by atoms with Gasteiger partial charge in [0, 0.05) is 38.7 Å². The Morgan fingerprint density at radius 3 is 2.55 bits per heavy atom. The van der Waals surface area contributed by atoms with Crippen molar-refractivity contribution in [2.75, 3.05) is 32.2 Å². The smallest absolute Gasteiger partial charge is 0.228 e. The lowest BCUT2D eigenvalue weighted by Crippen LogP contribution is -2.38. The number of benzene rings is 2. The molecule has 29 heavy (non-hydrogen) atoms. The van der Waals surface area contributed by atoms with E-state index in [9.17, 15) is 9.59 Å². The third-order valence-corrected chi connectivity index (χ3v) is 5.27. The first kappa shape index (κ1) is 20.7. The van der Waals surface area contributed by atoms with Gasteiger partial charge >= 0.3 is 0 Å². The van der Waals surface area contributed by atoms with Gasteiger partial charge in [-0.2, -0.15) is 0 Å². The zero-order valence-corrected chi connectivity index (χ0v) is 17.3. The fourth-order valence-electron chi connectivity index (χ4n) is 3.71. The van der Waals surface area contributed by atoms with Crippen LogP contribution in [0.2, 0.25) is 0 Å². The molecule has 6 nitrogen and oxygen atoms in total. The Kier molecular flexibility index (Phi) is 6.75. The maximum atomic E-state index is 12.9. The minimum Gasteiger partial charge on any atom is -0.493 e. The van der Waals surface area contributed by atoms with Gasteiger partial charge in [-0.3, -0.25) is 9.59 Å². The molecule has 0 saturated carbocycles. The van der Waals surface area contributed by atoms with Crippen molar-refractivity contribution in [2.45, 2.75) is 32.7 Å². The minimum atomic E-state index is -0.0633. The number of hydrogen-bond acceptors (Lipinski definition) is 4. The van der Waals surface area contributed by atoms with E-state index in [1.54, 1.807) is 19.1 Å². The van der Waals surface area contributed by atoms with Crippen molar-refractivity contribution in [3.8, 4) is 11.5 Å². The van der Waals surface area contributed by atoms with Gasteiger partial charge in [0.15, 0.2) is 11.5 Å². The lowest BCUT2D eigenvalue weighted by atomic mass is 10.0. The summed E-state index contributed by atoms with van der Waals surface area (Å²) in [6.07, 6.45) is 2.25. The molecule has 3 rings (SSSR count). The minimum absolute atomic E-state index is 0.0516. The van der Waals surface area contributed by atoms with Crippen LogP contribution < -0.4 is 14.4 Å². The molecule has 1 aliphatic heterocycles. The fraction of sp³-hybridized carbons (Fsp3) is 0.391. The number of carbonyl (C=O) groups is 2. The van der Waals surface area contributed by atoms with E-state index in [0.717, 1.165) is 30.6 Å². The molecule has 2 aromatic carbocycles. The van der Waals surface area contributed by atoms with Crippen molar-refractivity contribution < 1.29 is 19.1 Å². The van der Waals surface area contributed by atoms with Gasteiger partial charge in [-0.1, -0.05) is 24.3 Å². The van der Waals surface area contributed by atoms with Crippen LogP contribution in [0, 0.1) is 0 Å². The molecular formula is C23H28N2O4. The monoisotopic (exact) mass is 396 g/mol. The third-order valence-electron chi connectivity index (χ3n) is 5.27. The van der Waals surface area contributed by atoms with E-state index in [-0.39, 0.29) is 11.8 Å². The molecule has 1 heterocycles. The summed E-state index contributed by atoms with van der Waals surface area (Å²) in [5.41, 5.74) is 3.13. The van der Waals surface area contributed by atoms with Crippen molar-refractivity contribution in [2.24, 2.45) is 0 Å². The number of nitrogens with zero attached hydrogens (tertiary/aromatic N) is 2. The molecule has 0 N–H and O–H groups in total. The maximum absolute atomic E-state index is 12.9. The largest absolute Gasteiger partial charge is 0.493 e. The maximum Gasteiger partial charge on any atom is 0.228 e. The average Bonchev–Trinajstić information content (AvgIpc) is 2.75. The van der Waals surface area contributed by atoms with Gasteiger partial charge in [0.25, 0.3) is 0 Å². The molecule has 1 aliphatic rings. The Morgan fingerprint density at radius 1 is 1.07 bits per heavy atom. The molecule has 0 atom stereocenters. The van der Waals surface area contributed by atoms with E-state index in [1.165, 1.54) is 12.5 Å². The molecule has 0 fully saturated rings. The molecular weight excluding hydrogens is 368 g/mol. The Balaban J connectivity index is 1.66. The Morgan fingerprint density at radius 2 is 1.83 bits per heavy atom. The molecule has 2 aromatic rings. The second-order valence-corrected chi connectivity index (χ2v) is 7.16. The topological polar surface area (TPSA) is 59.1 Å². The second kappa shape index (κ2) is 9.45. The highest BCUT2D eigenvalue weighted by Crippen LogP contribution is 2.29. The summed E-state index contributed by atoms with van der Waals surface area (Å²) in [7, 11) is 3.17. The second-order valence-electron chi connectivity index (χ2n) is 7.16. The molecule has 0 aromatic heterocycles. The first-order valence-corrected chi connectivity index (χ1v) is 9.88. The number of rotatable bonds is 7. The number of methoxy groups -OCH3 is 2. The highest BCUT2D eigenvalue weighted by Gasteiger charge is 2.23. The Hall–Kier alpha value is -3.02. The van der Waals surface area contributed by atoms with Gasteiger partial charge in [0.05, 0.1) is 14.2 Å². The number of amides is 2. The molecule has 0 unspecified atom stereocenters. The summed E-state index contributed by atoms with van der Waals surface area (Å²) in [4.78, 5) is 28.6. The molecule has 6 heteroatoms. The van der Waals surface area contributed by atoms with Crippen LogP contribution in [-0.4, -0.2) is 44.0 Å². The summed E-state index contributed by atoms with van der Waals surface area (Å²) in [5.74, 6) is 1.25. The van der Waals surface area contributed by atoms with Crippen LogP contribution in [0.25, 0.3) is 0 Å². The summed E-state index contributed by atoms with van der Waals surface area (Å²) in [5, 5.41) is 0. The Bertz CT molecular complexity index is 881. The number of carbonyl (C=O) groups excluding carboxylic acids is 2. The highest BCUT2D eigenvalue weighted by atomic mass is 16.5. The van der Waals surface area contributed by atoms with E-state index in [2.05, 4.69) is 6.07 Å². The van der Waals surface area contributed by atoms with E-state index in [1.807, 2.05) is 41.3 Å². The molecule has 0 bridgehead atoms. The molecule has 154 valence electrons. The van der Waals surface area contributed by atoms with E-state index >= 15 is 0 Å². The first-order chi connectivity index (χ1) is 14.0.